The molecule has 1 aliphatic heterocycles. The molecule has 0 fully saturated rings. The highest BCUT2D eigenvalue weighted by atomic mass is 16.5. The second-order valence-corrected chi connectivity index (χ2v) is 8.09. The van der Waals surface area contributed by atoms with E-state index in [2.05, 4.69) is 54.9 Å². The maximum Gasteiger partial charge on any atom is 0.306 e. The number of hydrogen-bond acceptors (Lipinski definition) is 5. The van der Waals surface area contributed by atoms with Gasteiger partial charge in [-0.15, -0.1) is 0 Å². The number of aromatic nitrogens is 2. The Balaban J connectivity index is 1.74. The van der Waals surface area contributed by atoms with Crippen LogP contribution in [0.5, 0.6) is 17.4 Å². The van der Waals surface area contributed by atoms with Gasteiger partial charge in [0.2, 0.25) is 12.1 Å². The van der Waals surface area contributed by atoms with Crippen molar-refractivity contribution in [2.24, 2.45) is 0 Å². The molecule has 0 spiro atoms. The van der Waals surface area contributed by atoms with Crippen molar-refractivity contribution in [2.75, 3.05) is 25.4 Å². The number of hydrogen-bond donors (Lipinski definition) is 2. The Labute approximate surface area is 183 Å². The molecule has 31 heavy (non-hydrogen) atoms. The Morgan fingerprint density at radius 3 is 2.58 bits per heavy atom. The van der Waals surface area contributed by atoms with E-state index in [9.17, 15) is 5.11 Å². The van der Waals surface area contributed by atoms with Crippen LogP contribution < -0.4 is 15.0 Å². The summed E-state index contributed by atoms with van der Waals surface area (Å²) in [5, 5.41) is 9.98. The number of aryl methyl sites for hydroxylation is 2. The maximum absolute atomic E-state index is 9.98. The monoisotopic (exact) mass is 419 g/mol. The van der Waals surface area contributed by atoms with E-state index in [0.29, 0.717) is 17.4 Å². The van der Waals surface area contributed by atoms with E-state index in [-0.39, 0.29) is 11.7 Å². The van der Waals surface area contributed by atoms with Crippen LogP contribution in [0.4, 0.5) is 5.82 Å². The first-order valence-corrected chi connectivity index (χ1v) is 11.0. The topological polar surface area (TPSA) is 75.5 Å². The van der Waals surface area contributed by atoms with Crippen LogP contribution in [0, 0.1) is 6.92 Å². The third-order valence-electron chi connectivity index (χ3n) is 6.11. The molecule has 0 saturated carbocycles. The molecule has 0 unspecified atom stereocenters. The fourth-order valence-electron chi connectivity index (χ4n) is 4.27. The quantitative estimate of drug-likeness (QED) is 0.443. The van der Waals surface area contributed by atoms with E-state index >= 15 is 0 Å². The summed E-state index contributed by atoms with van der Waals surface area (Å²) in [6.07, 6.45) is 2.76. The van der Waals surface area contributed by atoms with Gasteiger partial charge in [0.1, 0.15) is 17.1 Å². The number of fused-ring (bicyclic) bond motifs is 2. The summed E-state index contributed by atoms with van der Waals surface area (Å²) in [6.45, 7) is 10.4. The van der Waals surface area contributed by atoms with Crippen LogP contribution in [0.15, 0.2) is 48.8 Å². The Bertz CT molecular complexity index is 1060. The Kier molecular flexibility index (Phi) is 6.09. The van der Waals surface area contributed by atoms with E-state index in [0.717, 1.165) is 49.3 Å². The molecule has 0 saturated heterocycles. The molecule has 3 aromatic rings. The van der Waals surface area contributed by atoms with Crippen molar-refractivity contribution in [1.82, 2.24) is 9.88 Å². The van der Waals surface area contributed by atoms with Gasteiger partial charge in [-0.3, -0.25) is 0 Å². The first kappa shape index (κ1) is 21.1. The van der Waals surface area contributed by atoms with Crippen molar-refractivity contribution >= 4 is 5.82 Å². The lowest BCUT2D eigenvalue weighted by atomic mass is 9.83. The number of nitrogen functional groups attached to an aromatic ring is 1. The Hall–Kier alpha value is -3.12. The minimum Gasteiger partial charge on any atom is -0.508 e. The van der Waals surface area contributed by atoms with E-state index < -0.39 is 0 Å². The third-order valence-corrected chi connectivity index (χ3v) is 6.11. The van der Waals surface area contributed by atoms with Gasteiger partial charge in [0.25, 0.3) is 0 Å². The largest absolute Gasteiger partial charge is 0.508 e. The van der Waals surface area contributed by atoms with Crippen molar-refractivity contribution < 1.29 is 14.4 Å². The van der Waals surface area contributed by atoms with Crippen LogP contribution in [0.2, 0.25) is 0 Å². The number of phenols is 1. The van der Waals surface area contributed by atoms with Crippen molar-refractivity contribution in [3.8, 4) is 17.4 Å². The van der Waals surface area contributed by atoms with Crippen LogP contribution in [0.25, 0.3) is 0 Å². The van der Waals surface area contributed by atoms with Gasteiger partial charge in [-0.1, -0.05) is 54.7 Å². The average Bonchev–Trinajstić information content (AvgIpc) is 2.77. The van der Waals surface area contributed by atoms with E-state index in [1.807, 2.05) is 10.6 Å². The highest BCUT2D eigenvalue weighted by Crippen LogP contribution is 2.48. The summed E-state index contributed by atoms with van der Waals surface area (Å²) in [7, 11) is 0. The zero-order valence-electron chi connectivity index (χ0n) is 18.5. The Morgan fingerprint density at radius 1 is 1.13 bits per heavy atom. The fraction of sp³-hybridized carbons (Fsp3) is 0.360. The molecule has 4 rings (SSSR count). The molecule has 2 aromatic carbocycles. The molecular weight excluding hydrogens is 388 g/mol. The SMILES string of the molecule is CCN(CC)CCC[n+]1cnc2c(c1N)[C@@H](c1ccc(C)cc1)c1ccc(O)cc1O2. The smallest absolute Gasteiger partial charge is 0.306 e. The van der Waals surface area contributed by atoms with Crippen LogP contribution in [-0.4, -0.2) is 34.6 Å². The van der Waals surface area contributed by atoms with Gasteiger partial charge in [0, 0.05) is 18.2 Å². The minimum atomic E-state index is -0.109. The maximum atomic E-state index is 9.98. The summed E-state index contributed by atoms with van der Waals surface area (Å²) >= 11 is 0. The number of nitrogens with two attached hydrogens (primary N) is 1. The number of aromatic hydroxyl groups is 1. The van der Waals surface area contributed by atoms with Crippen LogP contribution in [-0.2, 0) is 6.54 Å². The molecule has 0 amide bonds. The summed E-state index contributed by atoms with van der Waals surface area (Å²) in [4.78, 5) is 7.01. The molecule has 1 aliphatic rings. The zero-order chi connectivity index (χ0) is 22.0. The van der Waals surface area contributed by atoms with E-state index in [1.54, 1.807) is 18.5 Å². The number of nitrogens with zero attached hydrogens (tertiary/aromatic N) is 3. The predicted octanol–water partition coefficient (Wildman–Crippen LogP) is 3.98. The average molecular weight is 420 g/mol. The molecule has 162 valence electrons. The van der Waals surface area contributed by atoms with Crippen molar-refractivity contribution in [1.29, 1.82) is 0 Å². The van der Waals surface area contributed by atoms with Gasteiger partial charge in [0.05, 0.1) is 12.5 Å². The van der Waals surface area contributed by atoms with Crippen molar-refractivity contribution in [3.63, 3.8) is 0 Å². The normalized spacial score (nSPS) is 14.8. The fourth-order valence-corrected chi connectivity index (χ4v) is 4.27. The molecule has 0 aliphatic carbocycles. The lowest BCUT2D eigenvalue weighted by Gasteiger charge is -2.27. The molecule has 1 atom stereocenters. The lowest BCUT2D eigenvalue weighted by molar-refractivity contribution is -0.686. The highest BCUT2D eigenvalue weighted by molar-refractivity contribution is 5.62. The number of benzene rings is 2. The molecular formula is C25H31N4O2+. The van der Waals surface area contributed by atoms with E-state index in [4.69, 9.17) is 10.5 Å². The van der Waals surface area contributed by atoms with Crippen molar-refractivity contribution in [3.05, 3.63) is 71.0 Å². The number of ether oxygens (including phenoxy) is 1. The second-order valence-electron chi connectivity index (χ2n) is 8.09. The minimum absolute atomic E-state index is 0.109. The molecule has 2 heterocycles. The van der Waals surface area contributed by atoms with Gasteiger partial charge >= 0.3 is 5.88 Å². The molecule has 6 heteroatoms. The molecule has 0 radical (unpaired) electrons. The van der Waals surface area contributed by atoms with E-state index in [1.165, 1.54) is 5.56 Å². The molecule has 1 aromatic heterocycles. The summed E-state index contributed by atoms with van der Waals surface area (Å²) in [5.74, 6) is 1.85. The predicted molar refractivity (Wildman–Crippen MR) is 122 cm³/mol. The van der Waals surface area contributed by atoms with Gasteiger partial charge in [-0.2, -0.15) is 0 Å². The number of rotatable bonds is 7. The molecule has 0 bridgehead atoms. The first-order chi connectivity index (χ1) is 15.0. The molecule has 3 N–H and O–H groups in total. The number of anilines is 1. The number of phenolic OH excluding ortho intramolecular Hbond substituents is 1. The van der Waals surface area contributed by atoms with Gasteiger partial charge in [0.15, 0.2) is 0 Å². The van der Waals surface area contributed by atoms with Crippen LogP contribution in [0.3, 0.4) is 0 Å². The lowest BCUT2D eigenvalue weighted by Crippen LogP contribution is -2.41. The highest BCUT2D eigenvalue weighted by Gasteiger charge is 2.36. The first-order valence-electron chi connectivity index (χ1n) is 11.0. The van der Waals surface area contributed by atoms with Gasteiger partial charge < -0.3 is 20.5 Å². The van der Waals surface area contributed by atoms with Crippen LogP contribution in [0.1, 0.15) is 48.4 Å². The third kappa shape index (κ3) is 4.21. The summed E-state index contributed by atoms with van der Waals surface area (Å²) in [6, 6.07) is 13.7. The zero-order valence-corrected chi connectivity index (χ0v) is 18.5. The standard InChI is InChI=1S/C25H30N4O2/c1-4-28(5-2)13-6-14-29-16-27-25-23(24(29)26)22(18-9-7-17(3)8-10-18)20-12-11-19(30)15-21(20)31-25/h7-12,15-16,22,26,30H,4-6,13-14H2,1-3H3/p+1/t22-/m0/s1. The Morgan fingerprint density at radius 2 is 1.87 bits per heavy atom. The van der Waals surface area contributed by atoms with Crippen molar-refractivity contribution in [2.45, 2.75) is 39.7 Å². The molecule has 6 nitrogen and oxygen atoms in total. The summed E-state index contributed by atoms with van der Waals surface area (Å²) < 4.78 is 8.10. The van der Waals surface area contributed by atoms with Gasteiger partial charge in [-0.25, -0.2) is 4.57 Å². The van der Waals surface area contributed by atoms with Crippen LogP contribution >= 0.6 is 0 Å². The second kappa shape index (κ2) is 8.94. The summed E-state index contributed by atoms with van der Waals surface area (Å²) in [5.41, 5.74) is 10.9. The van der Waals surface area contributed by atoms with Gasteiger partial charge in [-0.05, 0) is 38.1 Å².